The van der Waals surface area contributed by atoms with Crippen LogP contribution in [0, 0.1) is 26.1 Å². The molecule has 0 amide bonds. The van der Waals surface area contributed by atoms with Gasteiger partial charge in [0, 0.05) is 12.5 Å². The molecule has 0 aromatic heterocycles. The average molecular weight is 390 g/mol. The summed E-state index contributed by atoms with van der Waals surface area (Å²) in [5, 5.41) is 26.2. The number of hydrogen-bond donors (Lipinski definition) is 1. The van der Waals surface area contributed by atoms with Crippen LogP contribution >= 0.6 is 0 Å². The number of nitro groups is 2. The van der Waals surface area contributed by atoms with Gasteiger partial charge in [-0.05, 0) is 43.7 Å². The molecule has 1 aromatic carbocycles. The summed E-state index contributed by atoms with van der Waals surface area (Å²) in [6.07, 6.45) is 5.29. The third kappa shape index (κ3) is 5.60. The number of carbonyl (C=O) groups is 1. The van der Waals surface area contributed by atoms with Crippen LogP contribution in [0.1, 0.15) is 39.0 Å². The van der Waals surface area contributed by atoms with Gasteiger partial charge in [0.15, 0.2) is 0 Å². The molecule has 10 nitrogen and oxygen atoms in total. The molecule has 1 aliphatic carbocycles. The fourth-order valence-corrected chi connectivity index (χ4v) is 2.94. The molecular weight excluding hydrogens is 368 g/mol. The van der Waals surface area contributed by atoms with E-state index >= 15 is 0 Å². The molecule has 0 radical (unpaired) electrons. The number of rotatable bonds is 8. The Balaban J connectivity index is 2.13. The average Bonchev–Trinajstić information content (AvgIpc) is 2.67. The van der Waals surface area contributed by atoms with Crippen LogP contribution in [-0.2, 0) is 9.53 Å². The summed E-state index contributed by atoms with van der Waals surface area (Å²) in [5.74, 6) is 0.121. The molecule has 1 aliphatic rings. The highest BCUT2D eigenvalue weighted by molar-refractivity contribution is 5.97. The van der Waals surface area contributed by atoms with Gasteiger partial charge in [0.25, 0.3) is 5.69 Å². The highest BCUT2D eigenvalue weighted by Gasteiger charge is 2.20. The Hall–Kier alpha value is -3.30. The van der Waals surface area contributed by atoms with Crippen LogP contribution < -0.4 is 5.43 Å². The molecule has 1 atom stereocenters. The fraction of sp³-hybridized carbons (Fsp3) is 0.444. The summed E-state index contributed by atoms with van der Waals surface area (Å²) in [7, 11) is 1.36. The monoisotopic (exact) mass is 390 g/mol. The van der Waals surface area contributed by atoms with E-state index in [2.05, 4.69) is 22.2 Å². The second-order valence-electron chi connectivity index (χ2n) is 6.52. The number of allylic oxidation sites excluding steroid dienone is 2. The van der Waals surface area contributed by atoms with Gasteiger partial charge in [-0.3, -0.25) is 30.4 Å². The Bertz CT molecular complexity index is 833. The first-order valence-corrected chi connectivity index (χ1v) is 8.84. The van der Waals surface area contributed by atoms with E-state index in [4.69, 9.17) is 0 Å². The molecule has 0 spiro atoms. The second kappa shape index (κ2) is 9.58. The van der Waals surface area contributed by atoms with E-state index in [1.807, 2.05) is 6.08 Å². The molecule has 1 aromatic rings. The summed E-state index contributed by atoms with van der Waals surface area (Å²) in [6, 6.07) is 3.36. The van der Waals surface area contributed by atoms with E-state index in [0.29, 0.717) is 25.2 Å². The van der Waals surface area contributed by atoms with Gasteiger partial charge in [-0.1, -0.05) is 12.5 Å². The van der Waals surface area contributed by atoms with E-state index in [1.54, 1.807) is 0 Å². The molecule has 0 saturated heterocycles. The molecule has 0 heterocycles. The molecule has 28 heavy (non-hydrogen) atoms. The molecule has 2 rings (SSSR count). The number of carbonyl (C=O) groups excluding carboxylic acids is 1. The quantitative estimate of drug-likeness (QED) is 0.403. The first-order chi connectivity index (χ1) is 13.3. The van der Waals surface area contributed by atoms with E-state index in [0.717, 1.165) is 30.2 Å². The van der Waals surface area contributed by atoms with Gasteiger partial charge < -0.3 is 4.74 Å². The number of anilines is 1. The van der Waals surface area contributed by atoms with Crippen molar-refractivity contribution in [1.82, 2.24) is 0 Å². The lowest BCUT2D eigenvalue weighted by atomic mass is 9.85. The van der Waals surface area contributed by atoms with E-state index in [1.165, 1.54) is 19.2 Å². The van der Waals surface area contributed by atoms with Crippen LogP contribution in [0.4, 0.5) is 17.1 Å². The van der Waals surface area contributed by atoms with Crippen molar-refractivity contribution >= 4 is 28.7 Å². The van der Waals surface area contributed by atoms with Crippen LogP contribution in [0.2, 0.25) is 0 Å². The number of ether oxygens (including phenoxy) is 1. The van der Waals surface area contributed by atoms with Crippen LogP contribution in [0.15, 0.2) is 34.9 Å². The van der Waals surface area contributed by atoms with Gasteiger partial charge in [0.2, 0.25) is 0 Å². The number of hydrogen-bond acceptors (Lipinski definition) is 8. The second-order valence-corrected chi connectivity index (χ2v) is 6.52. The number of nitro benzene ring substituents is 2. The number of nitrogens with zero attached hydrogens (tertiary/aromatic N) is 3. The maximum atomic E-state index is 11.2. The van der Waals surface area contributed by atoms with Gasteiger partial charge in [0.1, 0.15) is 5.69 Å². The number of benzene rings is 1. The summed E-state index contributed by atoms with van der Waals surface area (Å²) < 4.78 is 4.64. The zero-order valence-corrected chi connectivity index (χ0v) is 15.7. The normalized spacial score (nSPS) is 17.7. The lowest BCUT2D eigenvalue weighted by Crippen LogP contribution is -2.13. The topological polar surface area (TPSA) is 137 Å². The van der Waals surface area contributed by atoms with E-state index in [9.17, 15) is 25.0 Å². The molecule has 1 N–H and O–H groups in total. The van der Waals surface area contributed by atoms with Crippen molar-refractivity contribution in [1.29, 1.82) is 0 Å². The first kappa shape index (κ1) is 21.0. The van der Waals surface area contributed by atoms with Gasteiger partial charge in [-0.15, -0.1) is 0 Å². The van der Waals surface area contributed by atoms with E-state index in [-0.39, 0.29) is 17.3 Å². The summed E-state index contributed by atoms with van der Waals surface area (Å²) in [4.78, 5) is 31.9. The van der Waals surface area contributed by atoms with Gasteiger partial charge >= 0.3 is 11.7 Å². The molecule has 0 bridgehead atoms. The minimum atomic E-state index is -0.688. The predicted molar refractivity (Wildman–Crippen MR) is 103 cm³/mol. The fourth-order valence-electron chi connectivity index (χ4n) is 2.94. The molecule has 0 aliphatic heterocycles. The van der Waals surface area contributed by atoms with Crippen molar-refractivity contribution in [3.05, 3.63) is 50.1 Å². The lowest BCUT2D eigenvalue weighted by molar-refractivity contribution is -0.393. The Morgan fingerprint density at radius 2 is 2.07 bits per heavy atom. The molecule has 1 unspecified atom stereocenters. The molecule has 0 saturated carbocycles. The minimum Gasteiger partial charge on any atom is -0.469 e. The largest absolute Gasteiger partial charge is 0.469 e. The highest BCUT2D eigenvalue weighted by Crippen LogP contribution is 2.30. The molecule has 10 heteroatoms. The summed E-state index contributed by atoms with van der Waals surface area (Å²) >= 11 is 0. The maximum Gasteiger partial charge on any atom is 0.305 e. The van der Waals surface area contributed by atoms with Crippen molar-refractivity contribution in [2.24, 2.45) is 11.0 Å². The van der Waals surface area contributed by atoms with Gasteiger partial charge in [-0.2, -0.15) is 5.10 Å². The van der Waals surface area contributed by atoms with Crippen LogP contribution in [0.5, 0.6) is 0 Å². The Kier molecular flexibility index (Phi) is 7.19. The van der Waals surface area contributed by atoms with Crippen LogP contribution in [-0.4, -0.2) is 28.6 Å². The number of hydrazone groups is 1. The zero-order valence-electron chi connectivity index (χ0n) is 15.7. The lowest BCUT2D eigenvalue weighted by Gasteiger charge is -2.21. The van der Waals surface area contributed by atoms with Crippen molar-refractivity contribution in [2.45, 2.75) is 39.0 Å². The molecule has 150 valence electrons. The van der Waals surface area contributed by atoms with Crippen LogP contribution in [0.3, 0.4) is 0 Å². The van der Waals surface area contributed by atoms with Crippen molar-refractivity contribution < 1.29 is 19.4 Å². The standard InChI is InChI=1S/C18H22N4O6/c1-12-6-7-14(10-13(12)4-3-5-18(23)28-2)19-20-16-9-8-15(21(24)25)11-17(16)22(26)27/h8-12,20H,3-7H2,1-2H3. The highest BCUT2D eigenvalue weighted by atomic mass is 16.6. The minimum absolute atomic E-state index is 0.0855. The van der Waals surface area contributed by atoms with Gasteiger partial charge in [0.05, 0.1) is 28.7 Å². The van der Waals surface area contributed by atoms with Crippen molar-refractivity contribution in [3.63, 3.8) is 0 Å². The smallest absolute Gasteiger partial charge is 0.305 e. The number of esters is 1. The first-order valence-electron chi connectivity index (χ1n) is 8.84. The molecular formula is C18H22N4O6. The SMILES string of the molecule is COC(=O)CCCC1=CC(=NNc2ccc([N+](=O)[O-])cc2[N+](=O)[O-])CCC1C. The number of non-ortho nitro benzene ring substituents is 1. The zero-order chi connectivity index (χ0) is 20.7. The Labute approximate surface area is 161 Å². The predicted octanol–water partition coefficient (Wildman–Crippen LogP) is 3.97. The third-order valence-corrected chi connectivity index (χ3v) is 4.60. The maximum absolute atomic E-state index is 11.2. The van der Waals surface area contributed by atoms with Crippen molar-refractivity contribution in [2.75, 3.05) is 12.5 Å². The Morgan fingerprint density at radius 1 is 1.32 bits per heavy atom. The van der Waals surface area contributed by atoms with Gasteiger partial charge in [-0.25, -0.2) is 0 Å². The number of nitrogens with one attached hydrogen (secondary N) is 1. The Morgan fingerprint density at radius 3 is 2.71 bits per heavy atom. The van der Waals surface area contributed by atoms with Crippen molar-refractivity contribution in [3.8, 4) is 0 Å². The van der Waals surface area contributed by atoms with E-state index < -0.39 is 15.5 Å². The van der Waals surface area contributed by atoms with Crippen LogP contribution in [0.25, 0.3) is 0 Å². The molecule has 0 fully saturated rings. The third-order valence-electron chi connectivity index (χ3n) is 4.60. The number of methoxy groups -OCH3 is 1. The summed E-state index contributed by atoms with van der Waals surface area (Å²) in [5.41, 5.74) is 3.87. The summed E-state index contributed by atoms with van der Waals surface area (Å²) in [6.45, 7) is 2.11.